The highest BCUT2D eigenvalue weighted by Gasteiger charge is 2.38. The molecule has 0 bridgehead atoms. The Morgan fingerprint density at radius 2 is 1.74 bits per heavy atom. The number of aryl methyl sites for hydroxylation is 1. The van der Waals surface area contributed by atoms with Gasteiger partial charge in [0.1, 0.15) is 11.7 Å². The van der Waals surface area contributed by atoms with Crippen LogP contribution in [-0.2, 0) is 24.7 Å². The van der Waals surface area contributed by atoms with Crippen LogP contribution < -0.4 is 0 Å². The fraction of sp³-hybridized carbons (Fsp3) is 0.143. The maximum Gasteiger partial charge on any atom is 0.257 e. The molecule has 2 aliphatic heterocycles. The van der Waals surface area contributed by atoms with E-state index in [0.717, 1.165) is 38.8 Å². The average molecular weight is 478 g/mol. The van der Waals surface area contributed by atoms with Gasteiger partial charge in [-0.1, -0.05) is 66.7 Å². The average Bonchev–Trinajstić information content (AvgIpc) is 3.62. The number of benzene rings is 2. The van der Waals surface area contributed by atoms with Crippen molar-refractivity contribution in [3.8, 4) is 10.6 Å². The minimum absolute atomic E-state index is 0.0345. The first-order valence-corrected chi connectivity index (χ1v) is 12.4. The molecule has 1 amide bonds. The zero-order valence-corrected chi connectivity index (χ0v) is 20.0. The highest BCUT2D eigenvalue weighted by atomic mass is 32.1. The van der Waals surface area contributed by atoms with Crippen LogP contribution in [0.1, 0.15) is 16.8 Å². The number of amidine groups is 1. The summed E-state index contributed by atoms with van der Waals surface area (Å²) in [5.74, 6) is 0.608. The molecule has 0 fully saturated rings. The third-order valence-electron chi connectivity index (χ3n) is 6.23. The van der Waals surface area contributed by atoms with Gasteiger partial charge >= 0.3 is 0 Å². The van der Waals surface area contributed by atoms with E-state index in [-0.39, 0.29) is 5.91 Å². The molecule has 0 saturated heterocycles. The number of aliphatic imine (C=N–C) groups is 2. The number of thiophene rings is 1. The summed E-state index contributed by atoms with van der Waals surface area (Å²) in [4.78, 5) is 26.2. The number of hydrogen-bond acceptors (Lipinski definition) is 5. The lowest BCUT2D eigenvalue weighted by atomic mass is 10.1. The second-order valence-corrected chi connectivity index (χ2v) is 9.55. The molecule has 0 radical (unpaired) electrons. The predicted octanol–water partition coefficient (Wildman–Crippen LogP) is 5.00. The molecule has 6 nitrogen and oxygen atoms in total. The third-order valence-corrected chi connectivity index (χ3v) is 7.12. The number of fused-ring (bicyclic) bond motifs is 1. The van der Waals surface area contributed by atoms with E-state index in [0.29, 0.717) is 18.7 Å². The van der Waals surface area contributed by atoms with Crippen LogP contribution in [0.4, 0.5) is 0 Å². The maximum atomic E-state index is 13.5. The first-order chi connectivity index (χ1) is 17.2. The van der Waals surface area contributed by atoms with Crippen molar-refractivity contribution in [3.05, 3.63) is 107 Å². The number of aromatic nitrogens is 2. The topological polar surface area (TPSA) is 62.9 Å². The number of carbonyl (C=O) groups excluding carboxylic acids is 1. The SMILES string of the molecule is Cn1nc(-c2cccs2)cc1CC1N=C2C(Cc3ccccc3)=NC(c3ccccc3)=CN2C1=O. The molecule has 7 heteroatoms. The number of carbonyl (C=O) groups is 1. The molecular formula is C28H23N5OS. The third kappa shape index (κ3) is 4.15. The summed E-state index contributed by atoms with van der Waals surface area (Å²) in [7, 11) is 1.92. The van der Waals surface area contributed by atoms with Crippen molar-refractivity contribution >= 4 is 34.5 Å². The molecule has 0 saturated carbocycles. The number of nitrogens with zero attached hydrogens (tertiary/aromatic N) is 5. The van der Waals surface area contributed by atoms with Gasteiger partial charge in [0.15, 0.2) is 5.84 Å². The Labute approximate surface area is 207 Å². The first kappa shape index (κ1) is 21.4. The quantitative estimate of drug-likeness (QED) is 0.393. The maximum absolute atomic E-state index is 13.5. The molecule has 0 spiro atoms. The van der Waals surface area contributed by atoms with Gasteiger partial charge in [-0.25, -0.2) is 4.99 Å². The molecule has 1 unspecified atom stereocenters. The van der Waals surface area contributed by atoms with E-state index in [1.165, 1.54) is 0 Å². The Morgan fingerprint density at radius 3 is 2.49 bits per heavy atom. The Kier molecular flexibility index (Phi) is 5.47. The molecule has 4 heterocycles. The standard InChI is InChI=1S/C28H23N5OS/c1-32-21(16-22(31-32)26-13-8-14-35-26)17-24-28(34)33-18-25(20-11-6-3-7-12-20)29-23(27(33)30-24)15-19-9-4-2-5-10-19/h2-14,16,18,24H,15,17H2,1H3. The summed E-state index contributed by atoms with van der Waals surface area (Å²) < 4.78 is 1.85. The normalized spacial score (nSPS) is 17.2. The van der Waals surface area contributed by atoms with E-state index < -0.39 is 6.04 Å². The molecule has 6 rings (SSSR count). The first-order valence-electron chi connectivity index (χ1n) is 11.5. The van der Waals surface area contributed by atoms with Gasteiger partial charge in [0.25, 0.3) is 5.91 Å². The van der Waals surface area contributed by atoms with E-state index in [1.54, 1.807) is 16.2 Å². The van der Waals surface area contributed by atoms with Crippen LogP contribution in [0.15, 0.2) is 100 Å². The van der Waals surface area contributed by atoms with Crippen molar-refractivity contribution in [1.29, 1.82) is 0 Å². The van der Waals surface area contributed by atoms with Crippen LogP contribution in [0.25, 0.3) is 16.3 Å². The largest absolute Gasteiger partial charge is 0.272 e. The Balaban J connectivity index is 1.34. The van der Waals surface area contributed by atoms with E-state index in [4.69, 9.17) is 9.98 Å². The van der Waals surface area contributed by atoms with Crippen molar-refractivity contribution in [1.82, 2.24) is 14.7 Å². The van der Waals surface area contributed by atoms with Crippen molar-refractivity contribution in [3.63, 3.8) is 0 Å². The van der Waals surface area contributed by atoms with Gasteiger partial charge in [-0.05, 0) is 23.1 Å². The summed E-state index contributed by atoms with van der Waals surface area (Å²) in [6.45, 7) is 0. The molecule has 2 aromatic carbocycles. The minimum Gasteiger partial charge on any atom is -0.272 e. The summed E-state index contributed by atoms with van der Waals surface area (Å²) in [5.41, 5.74) is 5.57. The number of rotatable bonds is 6. The van der Waals surface area contributed by atoms with Gasteiger partial charge in [-0.3, -0.25) is 19.4 Å². The van der Waals surface area contributed by atoms with E-state index in [2.05, 4.69) is 29.4 Å². The van der Waals surface area contributed by atoms with Crippen LogP contribution in [0, 0.1) is 0 Å². The smallest absolute Gasteiger partial charge is 0.257 e. The molecular weight excluding hydrogens is 454 g/mol. The molecule has 2 aliphatic rings. The van der Waals surface area contributed by atoms with Crippen LogP contribution in [0.3, 0.4) is 0 Å². The summed E-state index contributed by atoms with van der Waals surface area (Å²) in [6.07, 6.45) is 2.92. The van der Waals surface area contributed by atoms with E-state index >= 15 is 0 Å². The lowest BCUT2D eigenvalue weighted by Crippen LogP contribution is -2.38. The van der Waals surface area contributed by atoms with Crippen molar-refractivity contribution in [2.24, 2.45) is 17.0 Å². The Hall–Kier alpha value is -4.10. The lowest BCUT2D eigenvalue weighted by molar-refractivity contribution is -0.125. The number of hydrogen-bond donors (Lipinski definition) is 0. The van der Waals surface area contributed by atoms with Gasteiger partial charge in [0, 0.05) is 37.3 Å². The van der Waals surface area contributed by atoms with Gasteiger partial charge < -0.3 is 0 Å². The highest BCUT2D eigenvalue weighted by molar-refractivity contribution is 7.13. The molecule has 172 valence electrons. The molecule has 1 atom stereocenters. The number of amides is 1. The van der Waals surface area contributed by atoms with Crippen molar-refractivity contribution in [2.45, 2.75) is 18.9 Å². The Bertz CT molecular complexity index is 1470. The van der Waals surface area contributed by atoms with E-state index in [9.17, 15) is 4.79 Å². The molecule has 35 heavy (non-hydrogen) atoms. The molecule has 0 aliphatic carbocycles. The molecule has 2 aromatic heterocycles. The summed E-state index contributed by atoms with van der Waals surface area (Å²) >= 11 is 1.65. The van der Waals surface area contributed by atoms with Crippen LogP contribution in [0.2, 0.25) is 0 Å². The predicted molar refractivity (Wildman–Crippen MR) is 140 cm³/mol. The van der Waals surface area contributed by atoms with E-state index in [1.807, 2.05) is 77.9 Å². The second kappa shape index (κ2) is 8.92. The second-order valence-electron chi connectivity index (χ2n) is 8.60. The zero-order valence-electron chi connectivity index (χ0n) is 19.2. The molecule has 4 aromatic rings. The van der Waals surface area contributed by atoms with Crippen LogP contribution >= 0.6 is 11.3 Å². The molecule has 0 N–H and O–H groups in total. The van der Waals surface area contributed by atoms with Gasteiger partial charge in [-0.15, -0.1) is 11.3 Å². The fourth-order valence-electron chi connectivity index (χ4n) is 4.44. The minimum atomic E-state index is -0.510. The fourth-order valence-corrected chi connectivity index (χ4v) is 5.12. The zero-order chi connectivity index (χ0) is 23.8. The summed E-state index contributed by atoms with van der Waals surface area (Å²) in [6, 6.07) is 25.8. The Morgan fingerprint density at radius 1 is 0.971 bits per heavy atom. The monoisotopic (exact) mass is 477 g/mol. The van der Waals surface area contributed by atoms with Crippen LogP contribution in [-0.4, -0.2) is 38.2 Å². The van der Waals surface area contributed by atoms with Crippen molar-refractivity contribution in [2.75, 3.05) is 0 Å². The van der Waals surface area contributed by atoms with Gasteiger partial charge in [0.05, 0.1) is 16.3 Å². The lowest BCUT2D eigenvalue weighted by Gasteiger charge is -2.22. The van der Waals surface area contributed by atoms with Gasteiger partial charge in [0.2, 0.25) is 0 Å². The van der Waals surface area contributed by atoms with Crippen LogP contribution in [0.5, 0.6) is 0 Å². The van der Waals surface area contributed by atoms with Gasteiger partial charge in [-0.2, -0.15) is 5.10 Å². The highest BCUT2D eigenvalue weighted by Crippen LogP contribution is 2.29. The van der Waals surface area contributed by atoms with Crippen molar-refractivity contribution < 1.29 is 4.79 Å². The summed E-state index contributed by atoms with van der Waals surface area (Å²) in [5, 5.41) is 6.69.